The zero-order valence-electron chi connectivity index (χ0n) is 5.33. The highest BCUT2D eigenvalue weighted by Crippen LogP contribution is 1.95. The van der Waals surface area contributed by atoms with E-state index < -0.39 is 0 Å². The minimum atomic E-state index is 0.877. The first-order valence-electron chi connectivity index (χ1n) is 2.74. The summed E-state index contributed by atoms with van der Waals surface area (Å²) in [4.78, 5) is 7.86. The van der Waals surface area contributed by atoms with Crippen molar-refractivity contribution in [2.75, 3.05) is 0 Å². The van der Waals surface area contributed by atoms with E-state index in [1.807, 2.05) is 13.0 Å². The summed E-state index contributed by atoms with van der Waals surface area (Å²) in [6.07, 6.45) is 3.24. The van der Waals surface area contributed by atoms with Gasteiger partial charge in [0.2, 0.25) is 0 Å². The van der Waals surface area contributed by atoms with Gasteiger partial charge in [0, 0.05) is 5.69 Å². The maximum atomic E-state index is 3.93. The Morgan fingerprint density at radius 1 is 1.56 bits per heavy atom. The lowest BCUT2D eigenvalue weighted by molar-refractivity contribution is 1.09. The van der Waals surface area contributed by atoms with Gasteiger partial charge in [0.05, 0.1) is 5.69 Å². The molecule has 0 radical (unpaired) electrons. The van der Waals surface area contributed by atoms with Crippen molar-refractivity contribution < 1.29 is 0 Å². The van der Waals surface area contributed by atoms with Crippen molar-refractivity contribution in [1.82, 2.24) is 9.97 Å². The van der Waals surface area contributed by atoms with Crippen LogP contribution in [0.4, 0.5) is 0 Å². The molecule has 0 aliphatic rings. The number of hydrogen-bond acceptors (Lipinski definition) is 2. The topological polar surface area (TPSA) is 25.8 Å². The number of aromatic nitrogens is 2. The van der Waals surface area contributed by atoms with E-state index in [1.54, 1.807) is 6.08 Å². The third-order valence-electron chi connectivity index (χ3n) is 1.03. The minimum Gasteiger partial charge on any atom is -0.242 e. The number of aryl methyl sites for hydroxylation is 1. The van der Waals surface area contributed by atoms with Crippen LogP contribution in [-0.2, 0) is 0 Å². The Hall–Kier alpha value is -1.18. The van der Waals surface area contributed by atoms with Gasteiger partial charge in [0.15, 0.2) is 0 Å². The Labute approximate surface area is 54.3 Å². The summed E-state index contributed by atoms with van der Waals surface area (Å²) in [6, 6.07) is 1.88. The van der Waals surface area contributed by atoms with Gasteiger partial charge in [-0.3, -0.25) is 0 Å². The average Bonchev–Trinajstić information content (AvgIpc) is 1.88. The largest absolute Gasteiger partial charge is 0.242 e. The molecular formula is C7H8N2. The van der Waals surface area contributed by atoms with Gasteiger partial charge in [-0.05, 0) is 19.1 Å². The monoisotopic (exact) mass is 120 g/mol. The van der Waals surface area contributed by atoms with Crippen molar-refractivity contribution in [3.8, 4) is 0 Å². The molecule has 0 saturated heterocycles. The predicted octanol–water partition coefficient (Wildman–Crippen LogP) is 1.43. The Balaban J connectivity index is 3.07. The molecule has 1 rings (SSSR count). The first kappa shape index (κ1) is 5.95. The van der Waals surface area contributed by atoms with Crippen molar-refractivity contribution in [3.63, 3.8) is 0 Å². The van der Waals surface area contributed by atoms with Crippen LogP contribution >= 0.6 is 0 Å². The first-order chi connectivity index (χ1) is 4.33. The molecule has 0 aliphatic carbocycles. The Bertz CT molecular complexity index is 218. The van der Waals surface area contributed by atoms with Crippen LogP contribution in [0.15, 0.2) is 19.0 Å². The Kier molecular flexibility index (Phi) is 1.58. The maximum Gasteiger partial charge on any atom is 0.116 e. The summed E-state index contributed by atoms with van der Waals surface area (Å²) in [7, 11) is 0. The Morgan fingerprint density at radius 3 is 2.78 bits per heavy atom. The summed E-state index contributed by atoms with van der Waals surface area (Å²) in [5, 5.41) is 0. The van der Waals surface area contributed by atoms with Crippen molar-refractivity contribution >= 4 is 6.08 Å². The molecule has 46 valence electrons. The van der Waals surface area contributed by atoms with Crippen LogP contribution < -0.4 is 0 Å². The summed E-state index contributed by atoms with van der Waals surface area (Å²) in [5.41, 5.74) is 1.85. The fourth-order valence-electron chi connectivity index (χ4n) is 0.587. The number of rotatable bonds is 1. The molecule has 0 saturated carbocycles. The minimum absolute atomic E-state index is 0.877. The molecule has 2 heteroatoms. The van der Waals surface area contributed by atoms with E-state index >= 15 is 0 Å². The highest BCUT2D eigenvalue weighted by atomic mass is 14.8. The van der Waals surface area contributed by atoms with E-state index in [4.69, 9.17) is 0 Å². The first-order valence-corrected chi connectivity index (χ1v) is 2.74. The van der Waals surface area contributed by atoms with Gasteiger partial charge in [0.1, 0.15) is 6.33 Å². The number of hydrogen-bond donors (Lipinski definition) is 0. The van der Waals surface area contributed by atoms with Gasteiger partial charge in [0.25, 0.3) is 0 Å². The summed E-state index contributed by atoms with van der Waals surface area (Å²) >= 11 is 0. The van der Waals surface area contributed by atoms with Gasteiger partial charge in [-0.25, -0.2) is 9.97 Å². The molecule has 0 aromatic carbocycles. The lowest BCUT2D eigenvalue weighted by Gasteiger charge is -1.90. The van der Waals surface area contributed by atoms with Crippen LogP contribution in [0.25, 0.3) is 6.08 Å². The molecule has 1 aromatic heterocycles. The fraction of sp³-hybridized carbons (Fsp3) is 0.143. The average molecular weight is 120 g/mol. The van der Waals surface area contributed by atoms with Crippen LogP contribution in [-0.4, -0.2) is 9.97 Å². The third kappa shape index (κ3) is 1.35. The van der Waals surface area contributed by atoms with Crippen LogP contribution in [0.1, 0.15) is 11.4 Å². The Morgan fingerprint density at radius 2 is 2.33 bits per heavy atom. The molecule has 0 spiro atoms. The molecule has 0 unspecified atom stereocenters. The standard InChI is InChI=1S/C7H8N2/c1-3-7-4-6(2)8-5-9-7/h3-5H,1H2,2H3. The van der Waals surface area contributed by atoms with Crippen molar-refractivity contribution in [1.29, 1.82) is 0 Å². The van der Waals surface area contributed by atoms with Crippen LogP contribution in [0.3, 0.4) is 0 Å². The summed E-state index contributed by atoms with van der Waals surface area (Å²) in [6.45, 7) is 5.51. The zero-order chi connectivity index (χ0) is 6.69. The van der Waals surface area contributed by atoms with Crippen LogP contribution in [0.2, 0.25) is 0 Å². The molecule has 0 N–H and O–H groups in total. The van der Waals surface area contributed by atoms with E-state index in [-0.39, 0.29) is 0 Å². The van der Waals surface area contributed by atoms with Crippen molar-refractivity contribution in [2.45, 2.75) is 6.92 Å². The fourth-order valence-corrected chi connectivity index (χ4v) is 0.587. The predicted molar refractivity (Wildman–Crippen MR) is 36.9 cm³/mol. The lowest BCUT2D eigenvalue weighted by Crippen LogP contribution is -1.84. The van der Waals surface area contributed by atoms with E-state index in [9.17, 15) is 0 Å². The van der Waals surface area contributed by atoms with Crippen molar-refractivity contribution in [2.24, 2.45) is 0 Å². The molecule has 0 fully saturated rings. The lowest BCUT2D eigenvalue weighted by atomic mass is 10.3. The van der Waals surface area contributed by atoms with Gasteiger partial charge >= 0.3 is 0 Å². The van der Waals surface area contributed by atoms with Crippen molar-refractivity contribution in [3.05, 3.63) is 30.4 Å². The third-order valence-corrected chi connectivity index (χ3v) is 1.03. The maximum absolute atomic E-state index is 3.93. The van der Waals surface area contributed by atoms with Crippen LogP contribution in [0, 0.1) is 6.92 Å². The second-order valence-corrected chi connectivity index (χ2v) is 1.79. The molecule has 2 nitrogen and oxygen atoms in total. The quantitative estimate of drug-likeness (QED) is 0.560. The zero-order valence-corrected chi connectivity index (χ0v) is 5.33. The molecule has 1 heterocycles. The van der Waals surface area contributed by atoms with E-state index in [0.717, 1.165) is 11.4 Å². The molecule has 9 heavy (non-hydrogen) atoms. The summed E-state index contributed by atoms with van der Waals surface area (Å²) < 4.78 is 0. The molecule has 0 amide bonds. The van der Waals surface area contributed by atoms with Gasteiger partial charge in [-0.2, -0.15) is 0 Å². The van der Waals surface area contributed by atoms with E-state index in [0.29, 0.717) is 0 Å². The second-order valence-electron chi connectivity index (χ2n) is 1.79. The van der Waals surface area contributed by atoms with E-state index in [1.165, 1.54) is 6.33 Å². The molecule has 0 bridgehead atoms. The second kappa shape index (κ2) is 2.40. The normalized spacial score (nSPS) is 9.00. The van der Waals surface area contributed by atoms with Crippen LogP contribution in [0.5, 0.6) is 0 Å². The van der Waals surface area contributed by atoms with Gasteiger partial charge < -0.3 is 0 Å². The molecule has 0 atom stereocenters. The highest BCUT2D eigenvalue weighted by molar-refractivity contribution is 5.40. The van der Waals surface area contributed by atoms with Gasteiger partial charge in [-0.15, -0.1) is 0 Å². The molecular weight excluding hydrogens is 112 g/mol. The molecule has 1 aromatic rings. The SMILES string of the molecule is C=Cc1cc(C)ncn1. The molecule has 0 aliphatic heterocycles. The van der Waals surface area contributed by atoms with Gasteiger partial charge in [-0.1, -0.05) is 6.58 Å². The number of nitrogens with zero attached hydrogens (tertiary/aromatic N) is 2. The smallest absolute Gasteiger partial charge is 0.116 e. The van der Waals surface area contributed by atoms with E-state index in [2.05, 4.69) is 16.5 Å². The highest BCUT2D eigenvalue weighted by Gasteiger charge is 1.85. The summed E-state index contributed by atoms with van der Waals surface area (Å²) in [5.74, 6) is 0.